The molecule has 0 aliphatic rings. The van der Waals surface area contributed by atoms with Gasteiger partial charge < -0.3 is 21.5 Å². The molecule has 0 aliphatic carbocycles. The molecule has 0 spiro atoms. The number of phenolic OH excluding ortho intramolecular Hbond substituents is 1. The van der Waals surface area contributed by atoms with Crippen LogP contribution in [0, 0.1) is 0 Å². The van der Waals surface area contributed by atoms with Crippen LogP contribution in [0.5, 0.6) is 5.75 Å². The number of aromatic hydroxyl groups is 1. The van der Waals surface area contributed by atoms with Crippen LogP contribution >= 0.6 is 0 Å². The Hall–Kier alpha value is -2.78. The van der Waals surface area contributed by atoms with Gasteiger partial charge in [-0.2, -0.15) is 13.2 Å². The van der Waals surface area contributed by atoms with Crippen LogP contribution in [0.15, 0.2) is 24.3 Å². The van der Waals surface area contributed by atoms with Gasteiger partial charge in [-0.05, 0) is 37.0 Å². The zero-order chi connectivity index (χ0) is 22.6. The lowest BCUT2D eigenvalue weighted by Crippen LogP contribution is -2.47. The van der Waals surface area contributed by atoms with Crippen LogP contribution in [0.25, 0.3) is 0 Å². The summed E-state index contributed by atoms with van der Waals surface area (Å²) in [6.07, 6.45) is -3.54. The van der Waals surface area contributed by atoms with Crippen LogP contribution in [-0.2, 0) is 20.8 Å². The van der Waals surface area contributed by atoms with Crippen molar-refractivity contribution in [2.75, 3.05) is 6.54 Å². The van der Waals surface area contributed by atoms with Gasteiger partial charge in [-0.15, -0.1) is 0 Å². The third-order valence-corrected chi connectivity index (χ3v) is 4.35. The van der Waals surface area contributed by atoms with Crippen molar-refractivity contribution in [3.8, 4) is 5.75 Å². The Balaban J connectivity index is 2.26. The number of unbranched alkanes of at least 4 members (excludes halogenated alkanes) is 3. The van der Waals surface area contributed by atoms with E-state index in [1.165, 1.54) is 12.1 Å². The van der Waals surface area contributed by atoms with Crippen molar-refractivity contribution in [1.29, 1.82) is 0 Å². The first-order valence-corrected chi connectivity index (χ1v) is 9.77. The number of carbonyl (C=O) groups is 3. The molecule has 1 aromatic carbocycles. The Morgan fingerprint density at radius 3 is 2.23 bits per heavy atom. The van der Waals surface area contributed by atoms with Crippen molar-refractivity contribution in [2.45, 2.75) is 63.6 Å². The van der Waals surface area contributed by atoms with E-state index in [0.29, 0.717) is 32.2 Å². The van der Waals surface area contributed by atoms with Crippen molar-refractivity contribution >= 4 is 17.7 Å². The van der Waals surface area contributed by atoms with E-state index >= 15 is 0 Å². The largest absolute Gasteiger partial charge is 0.508 e. The first kappa shape index (κ1) is 25.3. The maximum absolute atomic E-state index is 12.0. The van der Waals surface area contributed by atoms with E-state index in [2.05, 4.69) is 10.6 Å². The van der Waals surface area contributed by atoms with Crippen molar-refractivity contribution in [3.63, 3.8) is 0 Å². The lowest BCUT2D eigenvalue weighted by molar-refractivity contribution is -0.135. The molecule has 10 heteroatoms. The predicted octanol–water partition coefficient (Wildman–Crippen LogP) is 2.31. The van der Waals surface area contributed by atoms with Crippen molar-refractivity contribution < 1.29 is 32.7 Å². The second-order valence-corrected chi connectivity index (χ2v) is 7.02. The van der Waals surface area contributed by atoms with E-state index in [-0.39, 0.29) is 25.0 Å². The van der Waals surface area contributed by atoms with E-state index in [4.69, 9.17) is 5.73 Å². The van der Waals surface area contributed by atoms with Crippen LogP contribution < -0.4 is 16.4 Å². The maximum atomic E-state index is 12.0. The number of nitrogens with one attached hydrogen (secondary N) is 2. The Morgan fingerprint density at radius 1 is 1.00 bits per heavy atom. The predicted molar refractivity (Wildman–Crippen MR) is 104 cm³/mol. The normalized spacial score (nSPS) is 12.2. The summed E-state index contributed by atoms with van der Waals surface area (Å²) in [6, 6.07) is 5.35. The summed E-state index contributed by atoms with van der Waals surface area (Å²) in [6.45, 7) is 0.307. The van der Waals surface area contributed by atoms with Gasteiger partial charge in [-0.25, -0.2) is 0 Å². The number of nitrogens with two attached hydrogens (primary N) is 1. The second-order valence-electron chi connectivity index (χ2n) is 7.02. The Kier molecular flexibility index (Phi) is 10.7. The molecule has 0 radical (unpaired) electrons. The van der Waals surface area contributed by atoms with E-state index in [1.54, 1.807) is 12.1 Å². The maximum Gasteiger partial charge on any atom is 0.389 e. The number of rotatable bonds is 13. The summed E-state index contributed by atoms with van der Waals surface area (Å²) < 4.78 is 36.1. The summed E-state index contributed by atoms with van der Waals surface area (Å²) in [5, 5.41) is 14.3. The molecule has 0 heterocycles. The van der Waals surface area contributed by atoms with Gasteiger partial charge >= 0.3 is 6.18 Å². The molecule has 1 atom stereocenters. The molecule has 168 valence electrons. The number of carbonyl (C=O) groups excluding carboxylic acids is 3. The number of halogens is 3. The molecule has 3 amide bonds. The van der Waals surface area contributed by atoms with Gasteiger partial charge in [0.25, 0.3) is 0 Å². The molecule has 0 aliphatic heterocycles. The summed E-state index contributed by atoms with van der Waals surface area (Å²) in [5.74, 6) is -1.64. The van der Waals surface area contributed by atoms with E-state index in [0.717, 1.165) is 5.56 Å². The fraction of sp³-hybridized carbons (Fsp3) is 0.550. The molecular formula is C20H28F3N3O4. The SMILES string of the molecule is NC(=O)[C@@H](CC(=O)NCCc1ccc(O)cc1)NC(=O)CCCCCCC(F)(F)F. The third-order valence-electron chi connectivity index (χ3n) is 4.35. The molecule has 0 saturated carbocycles. The monoisotopic (exact) mass is 431 g/mol. The topological polar surface area (TPSA) is 122 Å². The molecule has 7 nitrogen and oxygen atoms in total. The van der Waals surface area contributed by atoms with Gasteiger partial charge in [0.1, 0.15) is 11.8 Å². The van der Waals surface area contributed by atoms with Gasteiger partial charge in [0.2, 0.25) is 17.7 Å². The highest BCUT2D eigenvalue weighted by molar-refractivity contribution is 5.91. The van der Waals surface area contributed by atoms with E-state index in [1.807, 2.05) is 0 Å². The summed E-state index contributed by atoms with van der Waals surface area (Å²) in [7, 11) is 0. The minimum Gasteiger partial charge on any atom is -0.508 e. The highest BCUT2D eigenvalue weighted by Gasteiger charge is 2.25. The molecule has 1 aromatic rings. The number of primary amides is 1. The summed E-state index contributed by atoms with van der Waals surface area (Å²) in [4.78, 5) is 35.4. The van der Waals surface area contributed by atoms with Crippen molar-refractivity contribution in [3.05, 3.63) is 29.8 Å². The lowest BCUT2D eigenvalue weighted by Gasteiger charge is -2.15. The zero-order valence-electron chi connectivity index (χ0n) is 16.6. The minimum absolute atomic E-state index is 0.0132. The number of benzene rings is 1. The highest BCUT2D eigenvalue weighted by atomic mass is 19.4. The fourth-order valence-corrected chi connectivity index (χ4v) is 2.72. The molecule has 30 heavy (non-hydrogen) atoms. The average molecular weight is 431 g/mol. The smallest absolute Gasteiger partial charge is 0.389 e. The third kappa shape index (κ3) is 11.9. The Morgan fingerprint density at radius 2 is 1.63 bits per heavy atom. The molecule has 1 rings (SSSR count). The number of hydrogen-bond acceptors (Lipinski definition) is 4. The molecule has 0 saturated heterocycles. The first-order valence-electron chi connectivity index (χ1n) is 9.77. The lowest BCUT2D eigenvalue weighted by atomic mass is 10.1. The van der Waals surface area contributed by atoms with Gasteiger partial charge in [0.05, 0.1) is 6.42 Å². The van der Waals surface area contributed by atoms with Crippen LogP contribution in [-0.4, -0.2) is 41.6 Å². The number of amides is 3. The number of hydrogen-bond donors (Lipinski definition) is 4. The van der Waals surface area contributed by atoms with E-state index < -0.39 is 36.4 Å². The molecular weight excluding hydrogens is 403 g/mol. The van der Waals surface area contributed by atoms with Crippen molar-refractivity contribution in [2.24, 2.45) is 5.73 Å². The molecule has 0 bridgehead atoms. The van der Waals surface area contributed by atoms with Gasteiger partial charge in [-0.1, -0.05) is 25.0 Å². The number of alkyl halides is 3. The van der Waals surface area contributed by atoms with Crippen LogP contribution in [0.4, 0.5) is 13.2 Å². The second kappa shape index (κ2) is 12.7. The molecule has 0 unspecified atom stereocenters. The quantitative estimate of drug-likeness (QED) is 0.358. The standard InChI is InChI=1S/C20H28F3N3O4/c21-20(22,23)11-4-2-1-3-5-17(28)26-16(19(24)30)13-18(29)25-12-10-14-6-8-15(27)9-7-14/h6-9,16,27H,1-5,10-13H2,(H2,24,30)(H,25,29)(H,26,28)/t16-/m1/s1. The minimum atomic E-state index is -4.17. The highest BCUT2D eigenvalue weighted by Crippen LogP contribution is 2.23. The summed E-state index contributed by atoms with van der Waals surface area (Å²) >= 11 is 0. The zero-order valence-corrected chi connectivity index (χ0v) is 16.6. The molecule has 0 fully saturated rings. The summed E-state index contributed by atoms with van der Waals surface area (Å²) in [5.41, 5.74) is 6.14. The van der Waals surface area contributed by atoms with Gasteiger partial charge in [0, 0.05) is 19.4 Å². The first-order chi connectivity index (χ1) is 14.1. The van der Waals surface area contributed by atoms with Crippen LogP contribution in [0.3, 0.4) is 0 Å². The molecule has 0 aromatic heterocycles. The van der Waals surface area contributed by atoms with E-state index in [9.17, 15) is 32.7 Å². The Labute approximate surface area is 173 Å². The van der Waals surface area contributed by atoms with Crippen LogP contribution in [0.1, 0.15) is 50.5 Å². The van der Waals surface area contributed by atoms with Gasteiger partial charge in [-0.3, -0.25) is 14.4 Å². The van der Waals surface area contributed by atoms with Gasteiger partial charge in [0.15, 0.2) is 0 Å². The van der Waals surface area contributed by atoms with Crippen LogP contribution in [0.2, 0.25) is 0 Å². The Bertz CT molecular complexity index is 694. The fourth-order valence-electron chi connectivity index (χ4n) is 2.72. The average Bonchev–Trinajstić information content (AvgIpc) is 2.64. The number of phenols is 1. The van der Waals surface area contributed by atoms with Crippen molar-refractivity contribution in [1.82, 2.24) is 10.6 Å². The molecule has 5 N–H and O–H groups in total.